The van der Waals surface area contributed by atoms with Gasteiger partial charge in [-0.25, -0.2) is 0 Å². The van der Waals surface area contributed by atoms with Crippen molar-refractivity contribution in [1.82, 2.24) is 0 Å². The standard InChI is InChI=1S/C21H35AsO5/c1-10-15-24-17-13-11-16(12-14-17)22(25-19(4,5)18(2,3)23)26-20(6,7)21(8,9)27-22/h10-14,22-23H,1,15H2,2-9H3. The molecule has 154 valence electrons. The van der Waals surface area contributed by atoms with E-state index in [0.29, 0.717) is 6.61 Å². The molecule has 1 heterocycles. The summed E-state index contributed by atoms with van der Waals surface area (Å²) in [7, 11) is 0. The number of benzene rings is 1. The maximum atomic E-state index is 10.6. The van der Waals surface area contributed by atoms with Gasteiger partial charge in [-0.2, -0.15) is 0 Å². The average molecular weight is 442 g/mol. The van der Waals surface area contributed by atoms with Gasteiger partial charge in [0.05, 0.1) is 0 Å². The molecule has 1 N–H and O–H groups in total. The van der Waals surface area contributed by atoms with E-state index < -0.39 is 37.0 Å². The Bertz CT molecular complexity index is 655. The molecule has 0 radical (unpaired) electrons. The first kappa shape index (κ1) is 22.4. The molecule has 1 aliphatic rings. The Morgan fingerprint density at radius 3 is 1.93 bits per heavy atom. The summed E-state index contributed by atoms with van der Waals surface area (Å²) in [5.41, 5.74) is -2.98. The Kier molecular flexibility index (Phi) is 5.99. The Labute approximate surface area is 167 Å². The van der Waals surface area contributed by atoms with E-state index in [1.165, 1.54) is 0 Å². The molecule has 0 aromatic heterocycles. The molecule has 27 heavy (non-hydrogen) atoms. The van der Waals surface area contributed by atoms with E-state index in [4.69, 9.17) is 15.9 Å². The molecular weight excluding hydrogens is 407 g/mol. The Balaban J connectivity index is 2.47. The van der Waals surface area contributed by atoms with Crippen LogP contribution >= 0.6 is 0 Å². The van der Waals surface area contributed by atoms with Crippen molar-refractivity contribution in [1.29, 1.82) is 0 Å². The Hall–Kier alpha value is -0.842. The maximum absolute atomic E-state index is 10.6. The van der Waals surface area contributed by atoms with Crippen molar-refractivity contribution in [2.24, 2.45) is 0 Å². The van der Waals surface area contributed by atoms with Crippen LogP contribution in [0, 0.1) is 0 Å². The number of hydrogen-bond acceptors (Lipinski definition) is 5. The molecular formula is C21H35AsO5. The summed E-state index contributed by atoms with van der Waals surface area (Å²) in [6, 6.07) is 7.65. The van der Waals surface area contributed by atoms with Crippen LogP contribution in [0.25, 0.3) is 0 Å². The monoisotopic (exact) mass is 442 g/mol. The van der Waals surface area contributed by atoms with Gasteiger partial charge in [0.15, 0.2) is 0 Å². The predicted octanol–water partition coefficient (Wildman–Crippen LogP) is 3.30. The summed E-state index contributed by atoms with van der Waals surface area (Å²) >= 11 is -3.97. The van der Waals surface area contributed by atoms with Gasteiger partial charge >= 0.3 is 167 Å². The zero-order valence-electron chi connectivity index (χ0n) is 17.9. The van der Waals surface area contributed by atoms with Crippen LogP contribution in [0.1, 0.15) is 55.4 Å². The van der Waals surface area contributed by atoms with Gasteiger partial charge in [-0.3, -0.25) is 0 Å². The van der Waals surface area contributed by atoms with Crippen LogP contribution in [0.3, 0.4) is 0 Å². The van der Waals surface area contributed by atoms with E-state index >= 15 is 0 Å². The second-order valence-electron chi connectivity index (χ2n) is 9.08. The van der Waals surface area contributed by atoms with E-state index in [9.17, 15) is 5.11 Å². The quantitative estimate of drug-likeness (QED) is 0.519. The molecule has 1 fully saturated rings. The molecule has 0 spiro atoms. The molecule has 1 aromatic rings. The molecule has 1 aromatic carbocycles. The van der Waals surface area contributed by atoms with Crippen molar-refractivity contribution < 1.29 is 21.0 Å². The average Bonchev–Trinajstić information content (AvgIpc) is 2.69. The first-order valence-electron chi connectivity index (χ1n) is 9.33. The summed E-state index contributed by atoms with van der Waals surface area (Å²) in [4.78, 5) is 0. The van der Waals surface area contributed by atoms with Crippen molar-refractivity contribution in [2.75, 3.05) is 6.61 Å². The molecule has 0 amide bonds. The van der Waals surface area contributed by atoms with Crippen LogP contribution in [0.15, 0.2) is 36.9 Å². The van der Waals surface area contributed by atoms with Crippen molar-refractivity contribution in [2.45, 2.75) is 77.8 Å². The summed E-state index contributed by atoms with van der Waals surface area (Å²) in [6.45, 7) is 19.4. The van der Waals surface area contributed by atoms with Crippen molar-refractivity contribution in [3.63, 3.8) is 0 Å². The fourth-order valence-corrected chi connectivity index (χ4v) is 10.5. The minimum absolute atomic E-state index is 0.446. The molecule has 0 saturated carbocycles. The molecule has 1 saturated heterocycles. The number of aliphatic hydroxyl groups is 1. The zero-order valence-corrected chi connectivity index (χ0v) is 20.0. The molecule has 1 aliphatic heterocycles. The fourth-order valence-electron chi connectivity index (χ4n) is 2.53. The predicted molar refractivity (Wildman–Crippen MR) is 111 cm³/mol. The van der Waals surface area contributed by atoms with Crippen LogP contribution in [0.4, 0.5) is 0 Å². The van der Waals surface area contributed by atoms with Crippen molar-refractivity contribution in [3.05, 3.63) is 36.9 Å². The zero-order chi connectivity index (χ0) is 20.7. The molecule has 0 aliphatic carbocycles. The van der Waals surface area contributed by atoms with Crippen LogP contribution in [0.5, 0.6) is 5.75 Å². The van der Waals surface area contributed by atoms with Gasteiger partial charge in [-0.15, -0.1) is 0 Å². The van der Waals surface area contributed by atoms with Crippen LogP contribution in [-0.4, -0.2) is 48.7 Å². The number of ether oxygens (including phenoxy) is 1. The molecule has 6 heteroatoms. The Morgan fingerprint density at radius 2 is 1.52 bits per heavy atom. The van der Waals surface area contributed by atoms with E-state index in [1.807, 2.05) is 65.8 Å². The topological polar surface area (TPSA) is 57.2 Å². The molecule has 2 rings (SSSR count). The van der Waals surface area contributed by atoms with Gasteiger partial charge in [-0.05, 0) is 0 Å². The van der Waals surface area contributed by atoms with Crippen LogP contribution < -0.4 is 9.09 Å². The normalized spacial score (nSPS) is 22.3. The number of rotatable bonds is 7. The molecule has 0 atom stereocenters. The first-order chi connectivity index (χ1) is 12.2. The molecule has 5 nitrogen and oxygen atoms in total. The van der Waals surface area contributed by atoms with Gasteiger partial charge in [0.2, 0.25) is 0 Å². The van der Waals surface area contributed by atoms with Gasteiger partial charge in [0.1, 0.15) is 0 Å². The van der Waals surface area contributed by atoms with E-state index in [1.54, 1.807) is 19.9 Å². The third-order valence-corrected chi connectivity index (χ3v) is 12.8. The summed E-state index contributed by atoms with van der Waals surface area (Å²) in [6.07, 6.45) is 1.70. The van der Waals surface area contributed by atoms with Gasteiger partial charge in [0.25, 0.3) is 0 Å². The molecule has 0 unspecified atom stereocenters. The van der Waals surface area contributed by atoms with Crippen molar-refractivity contribution >= 4 is 18.9 Å². The van der Waals surface area contributed by atoms with Crippen LogP contribution in [0.2, 0.25) is 0 Å². The van der Waals surface area contributed by atoms with Gasteiger partial charge < -0.3 is 0 Å². The van der Waals surface area contributed by atoms with E-state index in [2.05, 4.69) is 6.58 Å². The SMILES string of the molecule is C=CCOc1ccc([AsH]2(OC(C)(C)C(C)(C)O)OC(C)(C)C(C)(C)O2)cc1. The van der Waals surface area contributed by atoms with Gasteiger partial charge in [0, 0.05) is 0 Å². The fraction of sp³-hybridized carbons (Fsp3) is 0.619. The molecule has 0 bridgehead atoms. The third-order valence-electron chi connectivity index (χ3n) is 5.67. The first-order valence-corrected chi connectivity index (χ1v) is 12.9. The third kappa shape index (κ3) is 4.43. The second kappa shape index (κ2) is 7.20. The number of hydrogen-bond donors (Lipinski definition) is 1. The summed E-state index contributed by atoms with van der Waals surface area (Å²) in [5.74, 6) is 0.745. The Morgan fingerprint density at radius 1 is 1.04 bits per heavy atom. The van der Waals surface area contributed by atoms with E-state index in [-0.39, 0.29) is 0 Å². The summed E-state index contributed by atoms with van der Waals surface area (Å²) in [5, 5.41) is 10.6. The van der Waals surface area contributed by atoms with Gasteiger partial charge in [-0.1, -0.05) is 0 Å². The van der Waals surface area contributed by atoms with Crippen LogP contribution in [-0.2, 0) is 11.2 Å². The summed E-state index contributed by atoms with van der Waals surface area (Å²) < 4.78 is 26.2. The second-order valence-corrected chi connectivity index (χ2v) is 13.9. The van der Waals surface area contributed by atoms with Crippen molar-refractivity contribution in [3.8, 4) is 5.75 Å². The minimum atomic E-state index is -3.97. The van der Waals surface area contributed by atoms with E-state index in [0.717, 1.165) is 10.1 Å².